The smallest absolute Gasteiger partial charge is 0.313 e. The Kier molecular flexibility index (Phi) is 5.30. The molecular formula is C20H24F6O. The van der Waals surface area contributed by atoms with E-state index in [-0.39, 0.29) is 5.92 Å². The molecule has 0 aliphatic heterocycles. The Morgan fingerprint density at radius 1 is 0.926 bits per heavy atom. The molecule has 1 N–H and O–H groups in total. The third-order valence-electron chi connectivity index (χ3n) is 6.11. The summed E-state index contributed by atoms with van der Waals surface area (Å²) >= 11 is 0. The number of hydrogen-bond donors (Lipinski definition) is 1. The number of hydrogen-bond acceptors (Lipinski definition) is 1. The maximum absolute atomic E-state index is 14.6. The number of aliphatic hydroxyl groups is 1. The second-order valence-electron chi connectivity index (χ2n) is 8.16. The van der Waals surface area contributed by atoms with Crippen LogP contribution in [0.2, 0.25) is 0 Å². The SMILES string of the molecule is CCCC1CCC(c2cc(F)c(C3(O)CC(F)(F)C(F)(F)C3)c(F)c2)CC1. The first kappa shape index (κ1) is 20.5. The molecule has 2 aliphatic carbocycles. The summed E-state index contributed by atoms with van der Waals surface area (Å²) in [5.41, 5.74) is -3.62. The van der Waals surface area contributed by atoms with Crippen molar-refractivity contribution in [3.63, 3.8) is 0 Å². The van der Waals surface area contributed by atoms with E-state index in [0.717, 1.165) is 50.7 Å². The number of alkyl halides is 4. The molecule has 0 aromatic heterocycles. The van der Waals surface area contributed by atoms with E-state index in [1.165, 1.54) is 0 Å². The molecule has 1 aromatic carbocycles. The molecule has 27 heavy (non-hydrogen) atoms. The molecule has 0 amide bonds. The average molecular weight is 394 g/mol. The molecular weight excluding hydrogens is 370 g/mol. The van der Waals surface area contributed by atoms with E-state index < -0.39 is 47.5 Å². The Labute approximate surface area is 154 Å². The number of rotatable bonds is 4. The van der Waals surface area contributed by atoms with Gasteiger partial charge in [-0.05, 0) is 55.2 Å². The molecule has 0 saturated heterocycles. The first-order valence-corrected chi connectivity index (χ1v) is 9.46. The van der Waals surface area contributed by atoms with Crippen molar-refractivity contribution in [1.29, 1.82) is 0 Å². The average Bonchev–Trinajstić information content (AvgIpc) is 2.70. The van der Waals surface area contributed by atoms with Crippen LogP contribution in [0, 0.1) is 17.6 Å². The summed E-state index contributed by atoms with van der Waals surface area (Å²) in [5, 5.41) is 10.3. The molecule has 0 heterocycles. The van der Waals surface area contributed by atoms with Gasteiger partial charge in [-0.1, -0.05) is 19.8 Å². The summed E-state index contributed by atoms with van der Waals surface area (Å²) in [6.45, 7) is 2.11. The third-order valence-corrected chi connectivity index (χ3v) is 6.11. The zero-order valence-corrected chi connectivity index (χ0v) is 15.2. The van der Waals surface area contributed by atoms with Crippen LogP contribution >= 0.6 is 0 Å². The predicted octanol–water partition coefficient (Wildman–Crippen LogP) is 6.29. The maximum atomic E-state index is 14.6. The van der Waals surface area contributed by atoms with Gasteiger partial charge in [-0.3, -0.25) is 0 Å². The summed E-state index contributed by atoms with van der Waals surface area (Å²) in [6, 6.07) is 2.02. The monoisotopic (exact) mass is 394 g/mol. The lowest BCUT2D eigenvalue weighted by atomic mass is 9.76. The Morgan fingerprint density at radius 2 is 1.41 bits per heavy atom. The third kappa shape index (κ3) is 3.71. The van der Waals surface area contributed by atoms with Gasteiger partial charge >= 0.3 is 11.8 Å². The van der Waals surface area contributed by atoms with Gasteiger partial charge in [-0.15, -0.1) is 0 Å². The Bertz CT molecular complexity index is 655. The van der Waals surface area contributed by atoms with Crippen LogP contribution in [0.4, 0.5) is 26.3 Å². The molecule has 7 heteroatoms. The molecule has 3 rings (SSSR count). The highest BCUT2D eigenvalue weighted by Crippen LogP contribution is 2.56. The van der Waals surface area contributed by atoms with Crippen molar-refractivity contribution < 1.29 is 31.4 Å². The van der Waals surface area contributed by atoms with Gasteiger partial charge in [0.1, 0.15) is 17.2 Å². The van der Waals surface area contributed by atoms with E-state index in [1.54, 1.807) is 0 Å². The van der Waals surface area contributed by atoms with Crippen molar-refractivity contribution in [2.24, 2.45) is 5.92 Å². The van der Waals surface area contributed by atoms with E-state index in [0.29, 0.717) is 11.5 Å². The number of benzene rings is 1. The van der Waals surface area contributed by atoms with Gasteiger partial charge in [0.05, 0.1) is 18.4 Å². The second kappa shape index (κ2) is 6.98. The van der Waals surface area contributed by atoms with Crippen LogP contribution in [0.25, 0.3) is 0 Å². The maximum Gasteiger partial charge on any atom is 0.313 e. The van der Waals surface area contributed by atoms with Gasteiger partial charge in [-0.25, -0.2) is 8.78 Å². The van der Waals surface area contributed by atoms with E-state index in [2.05, 4.69) is 6.92 Å². The van der Waals surface area contributed by atoms with Crippen LogP contribution in [0.15, 0.2) is 12.1 Å². The van der Waals surface area contributed by atoms with Crippen molar-refractivity contribution in [2.45, 2.75) is 81.7 Å². The summed E-state index contributed by atoms with van der Waals surface area (Å²) in [4.78, 5) is 0. The minimum Gasteiger partial charge on any atom is -0.384 e. The van der Waals surface area contributed by atoms with Gasteiger partial charge in [0.15, 0.2) is 0 Å². The van der Waals surface area contributed by atoms with Crippen LogP contribution in [-0.4, -0.2) is 17.0 Å². The fourth-order valence-corrected chi connectivity index (χ4v) is 4.70. The van der Waals surface area contributed by atoms with E-state index >= 15 is 0 Å². The highest BCUT2D eigenvalue weighted by Gasteiger charge is 2.69. The van der Waals surface area contributed by atoms with Crippen LogP contribution in [-0.2, 0) is 5.60 Å². The lowest BCUT2D eigenvalue weighted by Gasteiger charge is -2.30. The van der Waals surface area contributed by atoms with Gasteiger partial charge < -0.3 is 5.11 Å². The molecule has 2 saturated carbocycles. The zero-order chi connectivity index (χ0) is 20.0. The quantitative estimate of drug-likeness (QED) is 0.595. The minimum atomic E-state index is -4.52. The largest absolute Gasteiger partial charge is 0.384 e. The van der Waals surface area contributed by atoms with Crippen LogP contribution < -0.4 is 0 Å². The first-order valence-electron chi connectivity index (χ1n) is 9.46. The Hall–Kier alpha value is -1.24. The second-order valence-corrected chi connectivity index (χ2v) is 8.16. The molecule has 2 fully saturated rings. The molecule has 0 radical (unpaired) electrons. The first-order chi connectivity index (χ1) is 12.5. The fraction of sp³-hybridized carbons (Fsp3) is 0.700. The van der Waals surface area contributed by atoms with Crippen molar-refractivity contribution in [2.75, 3.05) is 0 Å². The molecule has 0 unspecified atom stereocenters. The summed E-state index contributed by atoms with van der Waals surface area (Å²) < 4.78 is 83.1. The summed E-state index contributed by atoms with van der Waals surface area (Å²) in [7, 11) is 0. The predicted molar refractivity (Wildman–Crippen MR) is 89.0 cm³/mol. The number of halogens is 6. The van der Waals surface area contributed by atoms with Crippen molar-refractivity contribution >= 4 is 0 Å². The van der Waals surface area contributed by atoms with Crippen LogP contribution in [0.3, 0.4) is 0 Å². The normalized spacial score (nSPS) is 29.0. The highest BCUT2D eigenvalue weighted by atomic mass is 19.3. The summed E-state index contributed by atoms with van der Waals surface area (Å²) in [5.74, 6) is -11.0. The fourth-order valence-electron chi connectivity index (χ4n) is 4.70. The van der Waals surface area contributed by atoms with Crippen molar-refractivity contribution in [1.82, 2.24) is 0 Å². The van der Waals surface area contributed by atoms with Crippen molar-refractivity contribution in [3.8, 4) is 0 Å². The molecule has 152 valence electrons. The van der Waals surface area contributed by atoms with Gasteiger partial charge in [0.2, 0.25) is 0 Å². The van der Waals surface area contributed by atoms with Crippen molar-refractivity contribution in [3.05, 3.63) is 34.9 Å². The molecule has 0 atom stereocenters. The van der Waals surface area contributed by atoms with Gasteiger partial charge in [0, 0.05) is 0 Å². The van der Waals surface area contributed by atoms with Crippen LogP contribution in [0.1, 0.15) is 75.3 Å². The summed E-state index contributed by atoms with van der Waals surface area (Å²) in [6.07, 6.45) is 2.22. The Balaban J connectivity index is 1.85. The lowest BCUT2D eigenvalue weighted by molar-refractivity contribution is -0.185. The highest BCUT2D eigenvalue weighted by molar-refractivity contribution is 5.35. The molecule has 1 nitrogen and oxygen atoms in total. The molecule has 0 bridgehead atoms. The molecule has 1 aromatic rings. The Morgan fingerprint density at radius 3 is 1.85 bits per heavy atom. The van der Waals surface area contributed by atoms with E-state index in [9.17, 15) is 31.4 Å². The van der Waals surface area contributed by atoms with Gasteiger partial charge in [0.25, 0.3) is 0 Å². The lowest BCUT2D eigenvalue weighted by Crippen LogP contribution is -2.33. The topological polar surface area (TPSA) is 20.2 Å². The van der Waals surface area contributed by atoms with Crippen LogP contribution in [0.5, 0.6) is 0 Å². The molecule has 0 spiro atoms. The standard InChI is InChI=1S/C20H24F6O/c1-2-3-12-4-6-13(7-5-12)14-8-15(21)17(16(22)9-14)18(27)10-19(23,24)20(25,26)11-18/h8-9,12-13,27H,2-7,10-11H2,1H3. The van der Waals surface area contributed by atoms with Gasteiger partial charge in [-0.2, -0.15) is 17.6 Å². The van der Waals surface area contributed by atoms with E-state index in [1.807, 2.05) is 0 Å². The minimum absolute atomic E-state index is 0.0581. The zero-order valence-electron chi connectivity index (χ0n) is 15.2. The van der Waals surface area contributed by atoms with E-state index in [4.69, 9.17) is 0 Å². The molecule has 2 aliphatic rings.